The summed E-state index contributed by atoms with van der Waals surface area (Å²) in [5, 5.41) is 25.6. The number of aromatic nitrogens is 1. The quantitative estimate of drug-likeness (QED) is 0.202. The minimum Gasteiger partial charge on any atom is -0.478 e. The molecule has 1 saturated heterocycles. The Bertz CT molecular complexity index is 1600. The number of pyridine rings is 1. The van der Waals surface area contributed by atoms with Gasteiger partial charge in [0, 0.05) is 30.4 Å². The lowest BCUT2D eigenvalue weighted by Gasteiger charge is -2.26. The SMILES string of the molecule is Cc1ccccc1NC(=O)CCN1C(=S)NC(c2ccccn2)C1c1ccc(-c2cc(C(=O)O)cc(C(=O)O)c2)o1. The summed E-state index contributed by atoms with van der Waals surface area (Å²) in [6, 6.07) is 19.4. The van der Waals surface area contributed by atoms with Crippen LogP contribution in [-0.2, 0) is 4.79 Å². The topological polar surface area (TPSA) is 145 Å². The van der Waals surface area contributed by atoms with E-state index in [0.29, 0.717) is 27.9 Å². The lowest BCUT2D eigenvalue weighted by atomic mass is 10.0. The van der Waals surface area contributed by atoms with Gasteiger partial charge < -0.3 is 30.2 Å². The minimum absolute atomic E-state index is 0.151. The third-order valence-corrected chi connectivity index (χ3v) is 7.18. The van der Waals surface area contributed by atoms with Crippen molar-refractivity contribution < 1.29 is 29.0 Å². The smallest absolute Gasteiger partial charge is 0.335 e. The van der Waals surface area contributed by atoms with E-state index in [1.165, 1.54) is 12.1 Å². The van der Waals surface area contributed by atoms with Crippen molar-refractivity contribution in [1.82, 2.24) is 15.2 Å². The number of para-hydroxylation sites is 1. The molecule has 0 saturated carbocycles. The van der Waals surface area contributed by atoms with Gasteiger partial charge in [-0.2, -0.15) is 0 Å². The van der Waals surface area contributed by atoms with E-state index < -0.39 is 24.0 Å². The Labute approximate surface area is 240 Å². The van der Waals surface area contributed by atoms with Gasteiger partial charge in [-0.05, 0) is 73.2 Å². The Balaban J connectivity index is 1.45. The fourth-order valence-corrected chi connectivity index (χ4v) is 5.12. The van der Waals surface area contributed by atoms with Crippen LogP contribution < -0.4 is 10.6 Å². The summed E-state index contributed by atoms with van der Waals surface area (Å²) in [6.45, 7) is 2.20. The molecule has 11 heteroatoms. The molecule has 0 aliphatic carbocycles. The van der Waals surface area contributed by atoms with E-state index in [1.54, 1.807) is 24.4 Å². The number of carboxylic acids is 2. The number of carboxylic acid groups (broad SMARTS) is 2. The van der Waals surface area contributed by atoms with Gasteiger partial charge in [-0.1, -0.05) is 24.3 Å². The van der Waals surface area contributed by atoms with E-state index in [2.05, 4.69) is 15.6 Å². The predicted molar refractivity (Wildman–Crippen MR) is 155 cm³/mol. The lowest BCUT2D eigenvalue weighted by molar-refractivity contribution is -0.116. The standard InChI is InChI=1S/C30H26N4O6S/c1-17-6-2-3-7-21(17)32-25(35)11-13-34-27(26(33-30(34)41)22-8-4-5-12-31-22)24-10-9-23(40-24)18-14-19(28(36)37)16-20(15-18)29(38)39/h2-10,12,14-16,26-27H,11,13H2,1H3,(H,32,35)(H,33,41)(H,36,37)(H,38,39). The van der Waals surface area contributed by atoms with E-state index in [4.69, 9.17) is 16.6 Å². The van der Waals surface area contributed by atoms with Crippen LogP contribution in [0.3, 0.4) is 0 Å². The largest absolute Gasteiger partial charge is 0.478 e. The molecule has 2 unspecified atom stereocenters. The van der Waals surface area contributed by atoms with Gasteiger partial charge in [0.25, 0.3) is 0 Å². The van der Waals surface area contributed by atoms with Gasteiger partial charge in [-0.25, -0.2) is 9.59 Å². The number of nitrogens with zero attached hydrogens (tertiary/aromatic N) is 2. The fraction of sp³-hybridized carbons (Fsp3) is 0.167. The lowest BCUT2D eigenvalue weighted by Crippen LogP contribution is -2.32. The first kappa shape index (κ1) is 27.5. The van der Waals surface area contributed by atoms with Gasteiger partial charge in [0.1, 0.15) is 17.6 Å². The Hall–Kier alpha value is -5.03. The minimum atomic E-state index is -1.25. The van der Waals surface area contributed by atoms with Crippen LogP contribution in [0.5, 0.6) is 0 Å². The highest BCUT2D eigenvalue weighted by Gasteiger charge is 2.41. The normalized spacial score (nSPS) is 16.3. The summed E-state index contributed by atoms with van der Waals surface area (Å²) < 4.78 is 6.22. The summed E-state index contributed by atoms with van der Waals surface area (Å²) >= 11 is 5.67. The number of aryl methyl sites for hydroxylation is 1. The Morgan fingerprint density at radius 3 is 2.37 bits per heavy atom. The molecule has 1 aliphatic rings. The highest BCUT2D eigenvalue weighted by molar-refractivity contribution is 7.80. The highest BCUT2D eigenvalue weighted by atomic mass is 32.1. The maximum absolute atomic E-state index is 12.9. The molecular weight excluding hydrogens is 544 g/mol. The van der Waals surface area contributed by atoms with E-state index >= 15 is 0 Å². The number of aromatic carboxylic acids is 2. The van der Waals surface area contributed by atoms with Crippen molar-refractivity contribution in [3.05, 3.63) is 107 Å². The molecule has 208 valence electrons. The van der Waals surface area contributed by atoms with Crippen LogP contribution in [0, 0.1) is 6.92 Å². The molecule has 0 bridgehead atoms. The monoisotopic (exact) mass is 570 g/mol. The van der Waals surface area contributed by atoms with Gasteiger partial charge in [0.05, 0.1) is 22.9 Å². The summed E-state index contributed by atoms with van der Waals surface area (Å²) in [5.74, 6) is -1.90. The van der Waals surface area contributed by atoms with Gasteiger partial charge in [0.15, 0.2) is 5.11 Å². The Morgan fingerprint density at radius 2 is 1.71 bits per heavy atom. The number of hydrogen-bond acceptors (Lipinski definition) is 6. The van der Waals surface area contributed by atoms with E-state index in [-0.39, 0.29) is 30.0 Å². The molecule has 4 aromatic rings. The number of amides is 1. The van der Waals surface area contributed by atoms with Crippen molar-refractivity contribution in [2.45, 2.75) is 25.4 Å². The van der Waals surface area contributed by atoms with E-state index in [1.807, 2.05) is 48.2 Å². The first-order valence-electron chi connectivity index (χ1n) is 12.8. The van der Waals surface area contributed by atoms with Crippen LogP contribution in [0.15, 0.2) is 83.4 Å². The summed E-state index contributed by atoms with van der Waals surface area (Å²) in [4.78, 5) is 42.5. The molecule has 2 aromatic heterocycles. The summed E-state index contributed by atoms with van der Waals surface area (Å²) in [6.07, 6.45) is 1.83. The van der Waals surface area contributed by atoms with E-state index in [9.17, 15) is 24.6 Å². The molecule has 41 heavy (non-hydrogen) atoms. The maximum atomic E-state index is 12.9. The molecule has 5 rings (SSSR count). The van der Waals surface area contributed by atoms with Crippen molar-refractivity contribution >= 4 is 40.9 Å². The molecule has 1 fully saturated rings. The number of nitrogens with one attached hydrogen (secondary N) is 2. The van der Waals surface area contributed by atoms with Crippen molar-refractivity contribution in [1.29, 1.82) is 0 Å². The number of furan rings is 1. The van der Waals surface area contributed by atoms with Crippen molar-refractivity contribution in [2.24, 2.45) is 0 Å². The maximum Gasteiger partial charge on any atom is 0.335 e. The Kier molecular flexibility index (Phi) is 7.79. The molecule has 3 heterocycles. The second-order valence-electron chi connectivity index (χ2n) is 9.54. The molecule has 2 atom stereocenters. The molecule has 0 radical (unpaired) electrons. The van der Waals surface area contributed by atoms with Gasteiger partial charge in [-0.3, -0.25) is 9.78 Å². The summed E-state index contributed by atoms with van der Waals surface area (Å²) in [7, 11) is 0. The van der Waals surface area contributed by atoms with Crippen LogP contribution in [0.25, 0.3) is 11.3 Å². The average molecular weight is 571 g/mol. The van der Waals surface area contributed by atoms with Crippen molar-refractivity contribution in [2.75, 3.05) is 11.9 Å². The number of anilines is 1. The number of carbonyl (C=O) groups excluding carboxylic acids is 1. The number of thiocarbonyl (C=S) groups is 1. The second kappa shape index (κ2) is 11.6. The molecule has 2 aromatic carbocycles. The number of carbonyl (C=O) groups is 3. The second-order valence-corrected chi connectivity index (χ2v) is 9.93. The third kappa shape index (κ3) is 5.94. The predicted octanol–water partition coefficient (Wildman–Crippen LogP) is 5.05. The summed E-state index contributed by atoms with van der Waals surface area (Å²) in [5.41, 5.74) is 2.37. The average Bonchev–Trinajstić information content (AvgIpc) is 3.58. The van der Waals surface area contributed by atoms with Gasteiger partial charge in [-0.15, -0.1) is 0 Å². The first-order valence-corrected chi connectivity index (χ1v) is 13.2. The van der Waals surface area contributed by atoms with Crippen LogP contribution in [0.4, 0.5) is 5.69 Å². The number of rotatable bonds is 9. The van der Waals surface area contributed by atoms with Gasteiger partial charge in [0.2, 0.25) is 5.91 Å². The van der Waals surface area contributed by atoms with Gasteiger partial charge >= 0.3 is 11.9 Å². The van der Waals surface area contributed by atoms with Crippen LogP contribution in [0.2, 0.25) is 0 Å². The number of benzene rings is 2. The van der Waals surface area contributed by atoms with Crippen LogP contribution >= 0.6 is 12.2 Å². The third-order valence-electron chi connectivity index (χ3n) is 6.83. The molecule has 1 amide bonds. The Morgan fingerprint density at radius 1 is 1.00 bits per heavy atom. The van der Waals surface area contributed by atoms with Crippen molar-refractivity contribution in [3.63, 3.8) is 0 Å². The zero-order valence-electron chi connectivity index (χ0n) is 21.9. The highest BCUT2D eigenvalue weighted by Crippen LogP contribution is 2.40. The molecule has 10 nitrogen and oxygen atoms in total. The van der Waals surface area contributed by atoms with Crippen LogP contribution in [0.1, 0.15) is 56.2 Å². The fourth-order valence-electron chi connectivity index (χ4n) is 4.79. The molecule has 1 aliphatic heterocycles. The first-order chi connectivity index (χ1) is 19.7. The zero-order valence-corrected chi connectivity index (χ0v) is 22.7. The zero-order chi connectivity index (χ0) is 29.1. The van der Waals surface area contributed by atoms with Crippen molar-refractivity contribution in [3.8, 4) is 11.3 Å². The molecule has 4 N–H and O–H groups in total. The molecular formula is C30H26N4O6S. The number of hydrogen-bond donors (Lipinski definition) is 4. The van der Waals surface area contributed by atoms with Crippen LogP contribution in [-0.4, -0.2) is 49.6 Å². The van der Waals surface area contributed by atoms with E-state index in [0.717, 1.165) is 17.3 Å². The molecule has 0 spiro atoms.